The van der Waals surface area contributed by atoms with E-state index in [1.54, 1.807) is 30.3 Å². The summed E-state index contributed by atoms with van der Waals surface area (Å²) in [6, 6.07) is 12.3. The summed E-state index contributed by atoms with van der Waals surface area (Å²) in [4.78, 5) is 11.7. The highest BCUT2D eigenvalue weighted by Gasteiger charge is 2.30. The lowest BCUT2D eigenvalue weighted by Crippen LogP contribution is -2.30. The lowest BCUT2D eigenvalue weighted by molar-refractivity contribution is -0.137. The van der Waals surface area contributed by atoms with Crippen LogP contribution in [0.2, 0.25) is 0 Å². The van der Waals surface area contributed by atoms with Gasteiger partial charge in [0.25, 0.3) is 0 Å². The Balaban J connectivity index is 1.76. The van der Waals surface area contributed by atoms with E-state index in [0.29, 0.717) is 5.56 Å². The molecule has 0 heterocycles. The number of rotatable bonds is 7. The molecule has 2 aromatic carbocycles. The number of benzene rings is 2. The van der Waals surface area contributed by atoms with E-state index >= 15 is 0 Å². The van der Waals surface area contributed by atoms with Gasteiger partial charge in [-0.2, -0.15) is 13.2 Å². The number of alkyl halides is 3. The van der Waals surface area contributed by atoms with Gasteiger partial charge >= 0.3 is 12.2 Å². The molecule has 2 N–H and O–H groups in total. The van der Waals surface area contributed by atoms with Gasteiger partial charge in [0, 0.05) is 12.2 Å². The van der Waals surface area contributed by atoms with Crippen molar-refractivity contribution < 1.29 is 26.4 Å². The van der Waals surface area contributed by atoms with Crippen LogP contribution in [-0.4, -0.2) is 26.7 Å². The Morgan fingerprint density at radius 1 is 1.00 bits per heavy atom. The zero-order valence-electron chi connectivity index (χ0n) is 14.3. The molecule has 146 valence electrons. The van der Waals surface area contributed by atoms with Crippen molar-refractivity contribution in [2.45, 2.75) is 18.3 Å². The minimum Gasteiger partial charge on any atom is -0.338 e. The Kier molecular flexibility index (Phi) is 6.84. The van der Waals surface area contributed by atoms with E-state index < -0.39 is 27.6 Å². The van der Waals surface area contributed by atoms with Gasteiger partial charge in [-0.25, -0.2) is 13.2 Å². The molecule has 0 unspecified atom stereocenters. The van der Waals surface area contributed by atoms with Crippen molar-refractivity contribution >= 4 is 21.6 Å². The van der Waals surface area contributed by atoms with Crippen molar-refractivity contribution in [2.24, 2.45) is 0 Å². The molecule has 9 heteroatoms. The Morgan fingerprint density at radius 3 is 2.37 bits per heavy atom. The van der Waals surface area contributed by atoms with Crippen LogP contribution in [0.15, 0.2) is 54.6 Å². The van der Waals surface area contributed by atoms with Gasteiger partial charge in [-0.05, 0) is 30.2 Å². The molecule has 0 fully saturated rings. The van der Waals surface area contributed by atoms with Crippen LogP contribution in [0, 0.1) is 0 Å². The van der Waals surface area contributed by atoms with Gasteiger partial charge in [0.15, 0.2) is 9.84 Å². The molecule has 0 atom stereocenters. The van der Waals surface area contributed by atoms with Crippen LogP contribution in [0.4, 0.5) is 23.7 Å². The van der Waals surface area contributed by atoms with E-state index in [9.17, 15) is 26.4 Å². The number of urea groups is 1. The van der Waals surface area contributed by atoms with E-state index in [1.165, 1.54) is 12.1 Å². The minimum absolute atomic E-state index is 0.000904. The van der Waals surface area contributed by atoms with E-state index in [4.69, 9.17) is 0 Å². The lowest BCUT2D eigenvalue weighted by atomic mass is 10.2. The van der Waals surface area contributed by atoms with Gasteiger partial charge < -0.3 is 10.6 Å². The second kappa shape index (κ2) is 8.90. The van der Waals surface area contributed by atoms with Gasteiger partial charge in [0.1, 0.15) is 0 Å². The fraction of sp³-hybridized carbons (Fsp3) is 0.278. The molecule has 2 rings (SSSR count). The first-order valence-electron chi connectivity index (χ1n) is 8.12. The Morgan fingerprint density at radius 2 is 1.70 bits per heavy atom. The summed E-state index contributed by atoms with van der Waals surface area (Å²) in [5.41, 5.74) is -0.181. The average Bonchev–Trinajstić information content (AvgIpc) is 2.59. The fourth-order valence-corrected chi connectivity index (χ4v) is 3.77. The second-order valence-electron chi connectivity index (χ2n) is 5.89. The SMILES string of the molecule is O=C(NCCCS(=O)(=O)Cc1ccccc1)Nc1cccc(C(F)(F)F)c1. The number of sulfone groups is 1. The number of amides is 2. The molecule has 0 bridgehead atoms. The molecule has 2 aromatic rings. The summed E-state index contributed by atoms with van der Waals surface area (Å²) in [6.45, 7) is 0.0822. The average molecular weight is 400 g/mol. The number of carbonyl (C=O) groups is 1. The van der Waals surface area contributed by atoms with Gasteiger partial charge in [0.05, 0.1) is 17.1 Å². The number of hydrogen-bond acceptors (Lipinski definition) is 3. The predicted molar refractivity (Wildman–Crippen MR) is 97.0 cm³/mol. The predicted octanol–water partition coefficient (Wildman–Crippen LogP) is 3.83. The molecule has 0 spiro atoms. The van der Waals surface area contributed by atoms with Crippen molar-refractivity contribution in [1.82, 2.24) is 5.32 Å². The van der Waals surface area contributed by atoms with Crippen molar-refractivity contribution in [3.63, 3.8) is 0 Å². The maximum atomic E-state index is 12.6. The maximum Gasteiger partial charge on any atom is 0.416 e. The molecular formula is C18H19F3N2O3S. The van der Waals surface area contributed by atoms with Gasteiger partial charge in [-0.1, -0.05) is 36.4 Å². The van der Waals surface area contributed by atoms with Crippen molar-refractivity contribution in [3.05, 3.63) is 65.7 Å². The fourth-order valence-electron chi connectivity index (χ4n) is 2.34. The lowest BCUT2D eigenvalue weighted by Gasteiger charge is -2.11. The quantitative estimate of drug-likeness (QED) is 0.694. The summed E-state index contributed by atoms with van der Waals surface area (Å²) in [5, 5.41) is 4.72. The first-order chi connectivity index (χ1) is 12.7. The highest BCUT2D eigenvalue weighted by molar-refractivity contribution is 7.90. The van der Waals surface area contributed by atoms with Gasteiger partial charge in [-0.15, -0.1) is 0 Å². The minimum atomic E-state index is -4.50. The van der Waals surface area contributed by atoms with E-state index in [0.717, 1.165) is 12.1 Å². The third-order valence-electron chi connectivity index (χ3n) is 3.59. The number of carbonyl (C=O) groups excluding carboxylic acids is 1. The smallest absolute Gasteiger partial charge is 0.338 e. The van der Waals surface area contributed by atoms with Crippen molar-refractivity contribution in [2.75, 3.05) is 17.6 Å². The highest BCUT2D eigenvalue weighted by Crippen LogP contribution is 2.30. The van der Waals surface area contributed by atoms with E-state index in [-0.39, 0.29) is 30.2 Å². The van der Waals surface area contributed by atoms with Crippen molar-refractivity contribution in [3.8, 4) is 0 Å². The third kappa shape index (κ3) is 7.30. The zero-order valence-corrected chi connectivity index (χ0v) is 15.1. The molecule has 5 nitrogen and oxygen atoms in total. The summed E-state index contributed by atoms with van der Waals surface area (Å²) >= 11 is 0. The van der Waals surface area contributed by atoms with Crippen LogP contribution in [-0.2, 0) is 21.8 Å². The third-order valence-corrected chi connectivity index (χ3v) is 5.28. The number of hydrogen-bond donors (Lipinski definition) is 2. The van der Waals surface area contributed by atoms with Crippen LogP contribution < -0.4 is 10.6 Å². The molecule has 2 amide bonds. The number of halogens is 3. The zero-order chi connectivity index (χ0) is 19.9. The Bertz CT molecular complexity index is 869. The monoisotopic (exact) mass is 400 g/mol. The van der Waals surface area contributed by atoms with Gasteiger partial charge in [0.2, 0.25) is 0 Å². The summed E-state index contributed by atoms with van der Waals surface area (Å²) in [5.74, 6) is -0.185. The second-order valence-corrected chi connectivity index (χ2v) is 8.07. The number of nitrogens with one attached hydrogen (secondary N) is 2. The normalized spacial score (nSPS) is 11.8. The number of anilines is 1. The standard InChI is InChI=1S/C18H19F3N2O3S/c19-18(20,21)15-8-4-9-16(12-15)23-17(24)22-10-5-11-27(25,26)13-14-6-2-1-3-7-14/h1-4,6-9,12H,5,10-11,13H2,(H2,22,23,24). The van der Waals surface area contributed by atoms with Crippen LogP contribution in [0.5, 0.6) is 0 Å². The van der Waals surface area contributed by atoms with Crippen LogP contribution in [0.3, 0.4) is 0 Å². The molecule has 0 saturated heterocycles. The summed E-state index contributed by atoms with van der Waals surface area (Å²) < 4.78 is 62.0. The van der Waals surface area contributed by atoms with E-state index in [2.05, 4.69) is 10.6 Å². The maximum absolute atomic E-state index is 12.6. The molecule has 27 heavy (non-hydrogen) atoms. The first kappa shape index (κ1) is 20.8. The Labute approximate surface area is 155 Å². The molecular weight excluding hydrogens is 381 g/mol. The highest BCUT2D eigenvalue weighted by atomic mass is 32.2. The molecule has 0 aliphatic rings. The largest absolute Gasteiger partial charge is 0.416 e. The molecule has 0 aliphatic heterocycles. The summed E-state index contributed by atoms with van der Waals surface area (Å²) in [7, 11) is -3.31. The first-order valence-corrected chi connectivity index (χ1v) is 9.94. The Hall–Kier alpha value is -2.55. The topological polar surface area (TPSA) is 75.3 Å². The van der Waals surface area contributed by atoms with Gasteiger partial charge in [-0.3, -0.25) is 0 Å². The van der Waals surface area contributed by atoms with Crippen LogP contribution >= 0.6 is 0 Å². The van der Waals surface area contributed by atoms with Crippen molar-refractivity contribution in [1.29, 1.82) is 0 Å². The molecule has 0 aliphatic carbocycles. The van der Waals surface area contributed by atoms with Crippen LogP contribution in [0.1, 0.15) is 17.5 Å². The molecule has 0 aromatic heterocycles. The van der Waals surface area contributed by atoms with Crippen LogP contribution in [0.25, 0.3) is 0 Å². The molecule has 0 saturated carbocycles. The van der Waals surface area contributed by atoms with E-state index in [1.807, 2.05) is 0 Å². The summed E-state index contributed by atoms with van der Waals surface area (Å²) in [6.07, 6.45) is -4.30. The molecule has 0 radical (unpaired) electrons.